The third-order valence-electron chi connectivity index (χ3n) is 15.0. The van der Waals surface area contributed by atoms with Crippen LogP contribution in [0.1, 0.15) is 49.9 Å². The van der Waals surface area contributed by atoms with E-state index in [1.807, 2.05) is 6.07 Å². The molecular weight excluding hydrogens is 791 g/mol. The Kier molecular flexibility index (Phi) is 7.24. The SMILES string of the molecule is CC1(C)c2ccccc2-c2ccc(N(c3ccc4c(c3)C(C)(C)c3ccccc3-4)c3cc(-c4cc5ccccc5c5ccccc45)cc4c3oc3ccc5oc6ccccc6c5c34)cc21. The number of anilines is 3. The molecule has 0 aliphatic heterocycles. The molecule has 2 aliphatic carbocycles. The predicted molar refractivity (Wildman–Crippen MR) is 271 cm³/mol. The Labute approximate surface area is 376 Å². The van der Waals surface area contributed by atoms with Crippen molar-refractivity contribution in [1.29, 1.82) is 0 Å². The molecule has 10 aromatic carbocycles. The monoisotopic (exact) mass is 833 g/mol. The summed E-state index contributed by atoms with van der Waals surface area (Å²) in [6.45, 7) is 9.46. The number of para-hydroxylation sites is 1. The second-order valence-corrected chi connectivity index (χ2v) is 19.2. The highest BCUT2D eigenvalue weighted by atomic mass is 16.3. The molecular formula is C62H43NO2. The summed E-state index contributed by atoms with van der Waals surface area (Å²) in [5, 5.41) is 9.17. The Balaban J connectivity index is 1.12. The van der Waals surface area contributed by atoms with Crippen LogP contribution in [0.15, 0.2) is 197 Å². The van der Waals surface area contributed by atoms with E-state index >= 15 is 0 Å². The number of hydrogen-bond acceptors (Lipinski definition) is 3. The number of nitrogens with zero attached hydrogens (tertiary/aromatic N) is 1. The Morgan fingerprint density at radius 2 is 0.877 bits per heavy atom. The summed E-state index contributed by atoms with van der Waals surface area (Å²) in [4.78, 5) is 2.47. The minimum absolute atomic E-state index is 0.191. The summed E-state index contributed by atoms with van der Waals surface area (Å²) >= 11 is 0. The molecule has 0 atom stereocenters. The average Bonchev–Trinajstić information content (AvgIpc) is 4.04. The van der Waals surface area contributed by atoms with Crippen LogP contribution in [0.2, 0.25) is 0 Å². The van der Waals surface area contributed by atoms with Crippen molar-refractivity contribution in [2.75, 3.05) is 4.90 Å². The van der Waals surface area contributed by atoms with Gasteiger partial charge in [-0.3, -0.25) is 0 Å². The molecule has 2 aliphatic rings. The maximum atomic E-state index is 7.27. The van der Waals surface area contributed by atoms with Crippen molar-refractivity contribution in [2.24, 2.45) is 0 Å². The molecule has 0 unspecified atom stereocenters. The molecule has 2 aromatic heterocycles. The Bertz CT molecular complexity index is 3920. The molecule has 308 valence electrons. The van der Waals surface area contributed by atoms with Gasteiger partial charge in [0.05, 0.1) is 5.69 Å². The van der Waals surface area contributed by atoms with Gasteiger partial charge in [0.1, 0.15) is 16.7 Å². The second kappa shape index (κ2) is 12.9. The third kappa shape index (κ3) is 4.96. The molecule has 0 N–H and O–H groups in total. The average molecular weight is 834 g/mol. The smallest absolute Gasteiger partial charge is 0.159 e. The van der Waals surface area contributed by atoms with Crippen LogP contribution in [0, 0.1) is 0 Å². The van der Waals surface area contributed by atoms with Gasteiger partial charge in [0.25, 0.3) is 0 Å². The summed E-state index contributed by atoms with van der Waals surface area (Å²) < 4.78 is 13.8. The number of fused-ring (bicyclic) bond motifs is 16. The normalized spacial score (nSPS) is 14.4. The van der Waals surface area contributed by atoms with Crippen LogP contribution < -0.4 is 4.90 Å². The van der Waals surface area contributed by atoms with E-state index in [0.717, 1.165) is 66.5 Å². The fourth-order valence-electron chi connectivity index (χ4n) is 11.9. The molecule has 0 saturated carbocycles. The maximum Gasteiger partial charge on any atom is 0.159 e. The number of hydrogen-bond donors (Lipinski definition) is 0. The van der Waals surface area contributed by atoms with E-state index in [1.165, 1.54) is 71.6 Å². The summed E-state index contributed by atoms with van der Waals surface area (Å²) in [6, 6.07) is 69.3. The van der Waals surface area contributed by atoms with Crippen LogP contribution in [0.4, 0.5) is 17.1 Å². The van der Waals surface area contributed by atoms with Gasteiger partial charge in [0, 0.05) is 43.7 Å². The Morgan fingerprint density at radius 3 is 1.55 bits per heavy atom. The molecule has 3 heteroatoms. The quantitative estimate of drug-likeness (QED) is 0.165. The molecule has 2 heterocycles. The molecule has 0 bridgehead atoms. The van der Waals surface area contributed by atoms with Crippen molar-refractivity contribution < 1.29 is 8.83 Å². The molecule has 0 amide bonds. The van der Waals surface area contributed by atoms with Crippen molar-refractivity contribution in [3.05, 3.63) is 210 Å². The lowest BCUT2D eigenvalue weighted by atomic mass is 9.82. The molecule has 12 aromatic rings. The third-order valence-corrected chi connectivity index (χ3v) is 15.0. The molecule has 0 radical (unpaired) electrons. The van der Waals surface area contributed by atoms with Crippen molar-refractivity contribution in [2.45, 2.75) is 38.5 Å². The maximum absolute atomic E-state index is 7.27. The summed E-state index contributed by atoms with van der Waals surface area (Å²) in [5.41, 5.74) is 19.0. The van der Waals surface area contributed by atoms with Gasteiger partial charge in [-0.05, 0) is 138 Å². The highest BCUT2D eigenvalue weighted by molar-refractivity contribution is 6.28. The van der Waals surface area contributed by atoms with Gasteiger partial charge >= 0.3 is 0 Å². The molecule has 0 saturated heterocycles. The molecule has 0 fully saturated rings. The van der Waals surface area contributed by atoms with Gasteiger partial charge in [-0.2, -0.15) is 0 Å². The number of rotatable bonds is 4. The fourth-order valence-corrected chi connectivity index (χ4v) is 11.9. The van der Waals surface area contributed by atoms with E-state index < -0.39 is 0 Å². The first-order chi connectivity index (χ1) is 31.7. The van der Waals surface area contributed by atoms with Crippen molar-refractivity contribution in [3.63, 3.8) is 0 Å². The molecule has 3 nitrogen and oxygen atoms in total. The summed E-state index contributed by atoms with van der Waals surface area (Å²) in [6.07, 6.45) is 0. The zero-order chi connectivity index (χ0) is 43.3. The minimum Gasteiger partial charge on any atom is -0.456 e. The zero-order valence-corrected chi connectivity index (χ0v) is 36.7. The van der Waals surface area contributed by atoms with E-state index in [1.54, 1.807) is 0 Å². The number of furan rings is 2. The minimum atomic E-state index is -0.191. The van der Waals surface area contributed by atoms with E-state index in [-0.39, 0.29) is 10.8 Å². The van der Waals surface area contributed by atoms with Crippen LogP contribution in [0.25, 0.3) is 98.8 Å². The van der Waals surface area contributed by atoms with Crippen LogP contribution in [-0.2, 0) is 10.8 Å². The lowest BCUT2D eigenvalue weighted by Crippen LogP contribution is -2.18. The zero-order valence-electron chi connectivity index (χ0n) is 36.7. The predicted octanol–water partition coefficient (Wildman–Crippen LogP) is 17.5. The largest absolute Gasteiger partial charge is 0.456 e. The van der Waals surface area contributed by atoms with E-state index in [9.17, 15) is 0 Å². The van der Waals surface area contributed by atoms with Crippen LogP contribution in [0.5, 0.6) is 0 Å². The van der Waals surface area contributed by atoms with Crippen LogP contribution in [0.3, 0.4) is 0 Å². The Morgan fingerprint density at radius 1 is 0.354 bits per heavy atom. The van der Waals surface area contributed by atoms with Gasteiger partial charge in [-0.25, -0.2) is 0 Å². The highest BCUT2D eigenvalue weighted by Gasteiger charge is 2.38. The van der Waals surface area contributed by atoms with E-state index in [4.69, 9.17) is 8.83 Å². The van der Waals surface area contributed by atoms with Gasteiger partial charge in [0.2, 0.25) is 0 Å². The number of benzene rings is 10. The molecule has 65 heavy (non-hydrogen) atoms. The summed E-state index contributed by atoms with van der Waals surface area (Å²) in [5.74, 6) is 0. The standard InChI is InChI=1S/C62H43NO2/c1-61(2)50-22-12-9-19-43(50)45-27-25-38(34-52(45)61)63(39-26-28-46-44-20-10-13-23-51(44)62(3,4)53(46)35-39)54-33-37(48-31-36-15-5-6-16-40(36)41-17-7-8-18-42(41)48)32-49-59-57(65-60(49)54)30-29-56-58(59)47-21-11-14-24-55(47)64-56/h5-35H,1-4H3. The van der Waals surface area contributed by atoms with Gasteiger partial charge in [-0.1, -0.05) is 155 Å². The second-order valence-electron chi connectivity index (χ2n) is 19.2. The van der Waals surface area contributed by atoms with E-state index in [2.05, 4.69) is 215 Å². The highest BCUT2D eigenvalue weighted by Crippen LogP contribution is 2.55. The van der Waals surface area contributed by atoms with Gasteiger partial charge in [0.15, 0.2) is 5.58 Å². The summed E-state index contributed by atoms with van der Waals surface area (Å²) in [7, 11) is 0. The fraction of sp³-hybridized carbons (Fsp3) is 0.0968. The van der Waals surface area contributed by atoms with Crippen molar-refractivity contribution in [3.8, 4) is 33.4 Å². The van der Waals surface area contributed by atoms with Crippen LogP contribution in [-0.4, -0.2) is 0 Å². The first-order valence-corrected chi connectivity index (χ1v) is 22.7. The Hall–Kier alpha value is -7.88. The molecule has 0 spiro atoms. The van der Waals surface area contributed by atoms with Gasteiger partial charge < -0.3 is 13.7 Å². The lowest BCUT2D eigenvalue weighted by Gasteiger charge is -2.30. The van der Waals surface area contributed by atoms with E-state index in [0.29, 0.717) is 0 Å². The molecule has 14 rings (SSSR count). The first kappa shape index (κ1) is 36.6. The topological polar surface area (TPSA) is 29.5 Å². The first-order valence-electron chi connectivity index (χ1n) is 22.7. The van der Waals surface area contributed by atoms with Crippen molar-refractivity contribution in [1.82, 2.24) is 0 Å². The van der Waals surface area contributed by atoms with Crippen molar-refractivity contribution >= 4 is 82.5 Å². The van der Waals surface area contributed by atoms with Gasteiger partial charge in [-0.15, -0.1) is 0 Å². The van der Waals surface area contributed by atoms with Crippen LogP contribution >= 0.6 is 0 Å². The lowest BCUT2D eigenvalue weighted by molar-refractivity contribution is 0.659.